The number of benzene rings is 2. The lowest BCUT2D eigenvalue weighted by Crippen LogP contribution is -2.45. The molecule has 1 N–H and O–H groups in total. The van der Waals surface area contributed by atoms with Crippen molar-refractivity contribution >= 4 is 46.6 Å². The molecule has 0 spiro atoms. The number of ether oxygens (including phenoxy) is 1. The number of Topliss-reactive ketones (excluding diaryl/α,β-unsaturated/α-hetero) is 1. The predicted molar refractivity (Wildman–Crippen MR) is 152 cm³/mol. The van der Waals surface area contributed by atoms with Crippen LogP contribution in [0.4, 0.5) is 5.82 Å². The quantitative estimate of drug-likeness (QED) is 0.316. The van der Waals surface area contributed by atoms with Crippen LogP contribution in [-0.2, 0) is 24.2 Å². The second-order valence-corrected chi connectivity index (χ2v) is 10.1. The van der Waals surface area contributed by atoms with Crippen molar-refractivity contribution in [3.05, 3.63) is 117 Å². The maximum Gasteiger partial charge on any atom is 0.258 e. The van der Waals surface area contributed by atoms with Gasteiger partial charge in [-0.2, -0.15) is 0 Å². The number of fused-ring (bicyclic) bond motifs is 1. The summed E-state index contributed by atoms with van der Waals surface area (Å²) < 4.78 is 5.09. The molecule has 2 aromatic carbocycles. The van der Waals surface area contributed by atoms with Crippen LogP contribution in [0.3, 0.4) is 0 Å². The first-order chi connectivity index (χ1) is 19.3. The van der Waals surface area contributed by atoms with Crippen LogP contribution in [0.2, 0.25) is 10.0 Å². The van der Waals surface area contributed by atoms with Gasteiger partial charge >= 0.3 is 0 Å². The number of anilines is 1. The summed E-state index contributed by atoms with van der Waals surface area (Å²) >= 11 is 12.7. The number of ketones is 1. The highest BCUT2D eigenvalue weighted by Gasteiger charge is 2.36. The molecule has 4 aromatic rings. The van der Waals surface area contributed by atoms with Crippen LogP contribution >= 0.6 is 23.2 Å². The number of nitrogens with one attached hydrogen (secondary N) is 1. The number of pyridine rings is 2. The molecule has 0 radical (unpaired) electrons. The lowest BCUT2D eigenvalue weighted by atomic mass is 9.99. The highest BCUT2D eigenvalue weighted by Crippen LogP contribution is 2.28. The summed E-state index contributed by atoms with van der Waals surface area (Å²) in [5.41, 5.74) is 2.61. The monoisotopic (exact) mass is 574 g/mol. The molecule has 5 rings (SSSR count). The standard InChI is InChI=1S/C30H24Cl2N4O4/c1-40-22-7-10-28(34-16-22)35-29(38)24-8-5-18(12-25(24)32)17-36-26(15-21-4-2-3-11-33-21)27(37)14-19-13-20(31)6-9-23(19)30(36)39/h2-13,16,26H,14-15,17H2,1H3,(H,34,35,38)/t26-/m1/s1. The smallest absolute Gasteiger partial charge is 0.258 e. The molecule has 1 atom stereocenters. The van der Waals surface area contributed by atoms with Crippen molar-refractivity contribution in [2.75, 3.05) is 12.4 Å². The van der Waals surface area contributed by atoms with E-state index in [1.165, 1.54) is 13.3 Å². The fourth-order valence-electron chi connectivity index (χ4n) is 4.61. The third-order valence-corrected chi connectivity index (χ3v) is 7.19. The van der Waals surface area contributed by atoms with Crippen LogP contribution in [0, 0.1) is 0 Å². The normalized spacial score (nSPS) is 14.9. The summed E-state index contributed by atoms with van der Waals surface area (Å²) in [6.07, 6.45) is 3.49. The van der Waals surface area contributed by atoms with Crippen LogP contribution in [-0.4, -0.2) is 45.6 Å². The van der Waals surface area contributed by atoms with E-state index in [0.717, 1.165) is 0 Å². The van der Waals surface area contributed by atoms with Crippen molar-refractivity contribution in [3.63, 3.8) is 0 Å². The van der Waals surface area contributed by atoms with Crippen LogP contribution in [0.5, 0.6) is 5.75 Å². The van der Waals surface area contributed by atoms with Gasteiger partial charge in [0.1, 0.15) is 11.6 Å². The Balaban J connectivity index is 1.42. The molecule has 0 aliphatic carbocycles. The number of amides is 2. The Kier molecular flexibility index (Phi) is 8.09. The van der Waals surface area contributed by atoms with E-state index in [1.807, 2.05) is 12.1 Å². The van der Waals surface area contributed by atoms with E-state index < -0.39 is 11.9 Å². The van der Waals surface area contributed by atoms with Crippen molar-refractivity contribution in [2.24, 2.45) is 0 Å². The van der Waals surface area contributed by atoms with Crippen molar-refractivity contribution in [3.8, 4) is 5.75 Å². The van der Waals surface area contributed by atoms with Crippen LogP contribution in [0.15, 0.2) is 79.1 Å². The van der Waals surface area contributed by atoms with Crippen LogP contribution < -0.4 is 10.1 Å². The molecule has 10 heteroatoms. The van der Waals surface area contributed by atoms with E-state index in [9.17, 15) is 14.4 Å². The SMILES string of the molecule is COc1ccc(NC(=O)c2ccc(CN3C(=O)c4ccc(Cl)cc4CC(=O)[C@H]3Cc3ccccn3)cc2Cl)nc1. The maximum atomic E-state index is 13.8. The minimum atomic E-state index is -0.753. The van der Waals surface area contributed by atoms with Crippen LogP contribution in [0.25, 0.3) is 0 Å². The second-order valence-electron chi connectivity index (χ2n) is 9.27. The Hall–Kier alpha value is -4.27. The minimum absolute atomic E-state index is 0.0783. The summed E-state index contributed by atoms with van der Waals surface area (Å²) in [6.45, 7) is 0.103. The van der Waals surface area contributed by atoms with Gasteiger partial charge in [0.2, 0.25) is 0 Å². The molecule has 202 valence electrons. The first-order valence-electron chi connectivity index (χ1n) is 12.4. The van der Waals surface area contributed by atoms with E-state index >= 15 is 0 Å². The maximum absolute atomic E-state index is 13.8. The van der Waals surface area contributed by atoms with Crippen molar-refractivity contribution in [2.45, 2.75) is 25.4 Å². The Morgan fingerprint density at radius 3 is 2.60 bits per heavy atom. The second kappa shape index (κ2) is 11.9. The third kappa shape index (κ3) is 5.98. The van der Waals surface area contributed by atoms with Crippen molar-refractivity contribution in [1.29, 1.82) is 0 Å². The average Bonchev–Trinajstić information content (AvgIpc) is 3.03. The number of aromatic nitrogens is 2. The minimum Gasteiger partial charge on any atom is -0.495 e. The van der Waals surface area contributed by atoms with Crippen LogP contribution in [0.1, 0.15) is 37.5 Å². The highest BCUT2D eigenvalue weighted by atomic mass is 35.5. The van der Waals surface area contributed by atoms with Gasteiger partial charge in [0, 0.05) is 41.9 Å². The lowest BCUT2D eigenvalue weighted by Gasteiger charge is -2.29. The number of hydrogen-bond donors (Lipinski definition) is 1. The molecular formula is C30H24Cl2N4O4. The largest absolute Gasteiger partial charge is 0.495 e. The van der Waals surface area contributed by atoms with Gasteiger partial charge in [0.25, 0.3) is 11.8 Å². The molecule has 2 aromatic heterocycles. The molecule has 1 aliphatic rings. The Morgan fingerprint density at radius 1 is 1.05 bits per heavy atom. The topological polar surface area (TPSA) is 101 Å². The Morgan fingerprint density at radius 2 is 1.90 bits per heavy atom. The Bertz CT molecular complexity index is 1580. The molecule has 3 heterocycles. The van der Waals surface area contributed by atoms with Crippen molar-refractivity contribution in [1.82, 2.24) is 14.9 Å². The number of nitrogens with zero attached hydrogens (tertiary/aromatic N) is 3. The molecule has 0 unspecified atom stereocenters. The number of carbonyl (C=O) groups is 3. The van der Waals surface area contributed by atoms with Gasteiger partial charge in [0.05, 0.1) is 29.9 Å². The van der Waals surface area contributed by atoms with E-state index in [4.69, 9.17) is 27.9 Å². The summed E-state index contributed by atoms with van der Waals surface area (Å²) in [7, 11) is 1.53. The molecule has 2 amide bonds. The van der Waals surface area contributed by atoms with Gasteiger partial charge in [-0.15, -0.1) is 0 Å². The first kappa shape index (κ1) is 27.3. The fourth-order valence-corrected chi connectivity index (χ4v) is 5.10. The molecule has 8 nitrogen and oxygen atoms in total. The Labute approximate surface area is 240 Å². The summed E-state index contributed by atoms with van der Waals surface area (Å²) in [5.74, 6) is 0.0647. The summed E-state index contributed by atoms with van der Waals surface area (Å²) in [5, 5.41) is 3.36. The predicted octanol–water partition coefficient (Wildman–Crippen LogP) is 5.42. The fraction of sp³-hybridized carbons (Fsp3) is 0.167. The van der Waals surface area contributed by atoms with Gasteiger partial charge in [-0.3, -0.25) is 19.4 Å². The first-order valence-corrected chi connectivity index (χ1v) is 13.2. The number of hydrogen-bond acceptors (Lipinski definition) is 6. The molecule has 0 saturated heterocycles. The van der Waals surface area contributed by atoms with Gasteiger partial charge in [0.15, 0.2) is 5.78 Å². The highest BCUT2D eigenvalue weighted by molar-refractivity contribution is 6.34. The summed E-state index contributed by atoms with van der Waals surface area (Å²) in [4.78, 5) is 50.2. The van der Waals surface area contributed by atoms with E-state index in [-0.39, 0.29) is 41.7 Å². The van der Waals surface area contributed by atoms with E-state index in [1.54, 1.807) is 65.7 Å². The number of carbonyl (C=O) groups excluding carboxylic acids is 3. The zero-order valence-electron chi connectivity index (χ0n) is 21.4. The summed E-state index contributed by atoms with van der Waals surface area (Å²) in [6, 6.07) is 17.9. The number of rotatable bonds is 7. The molecular weight excluding hydrogens is 551 g/mol. The van der Waals surface area contributed by atoms with E-state index in [2.05, 4.69) is 15.3 Å². The molecule has 0 bridgehead atoms. The van der Waals surface area contributed by atoms with Gasteiger partial charge in [-0.05, 0) is 65.7 Å². The number of halogens is 2. The zero-order chi connectivity index (χ0) is 28.2. The third-order valence-electron chi connectivity index (χ3n) is 6.64. The number of methoxy groups -OCH3 is 1. The molecule has 40 heavy (non-hydrogen) atoms. The molecule has 0 fully saturated rings. The lowest BCUT2D eigenvalue weighted by molar-refractivity contribution is -0.122. The van der Waals surface area contributed by atoms with Gasteiger partial charge < -0.3 is 15.0 Å². The van der Waals surface area contributed by atoms with Gasteiger partial charge in [-0.1, -0.05) is 35.3 Å². The molecule has 1 aliphatic heterocycles. The van der Waals surface area contributed by atoms with E-state index in [0.29, 0.717) is 39.0 Å². The van der Waals surface area contributed by atoms with Gasteiger partial charge in [-0.25, -0.2) is 4.98 Å². The molecule has 0 saturated carbocycles. The zero-order valence-corrected chi connectivity index (χ0v) is 22.9. The van der Waals surface area contributed by atoms with Crippen molar-refractivity contribution < 1.29 is 19.1 Å². The average molecular weight is 575 g/mol.